The van der Waals surface area contributed by atoms with Gasteiger partial charge in [-0.2, -0.15) is 0 Å². The number of methoxy groups -OCH3 is 2. The SMILES string of the molecule is CCCNC1(C(=O)OC)CCC(OCCOC)C1. The van der Waals surface area contributed by atoms with Gasteiger partial charge in [0.25, 0.3) is 0 Å². The molecule has 0 aromatic rings. The molecule has 1 N–H and O–H groups in total. The van der Waals surface area contributed by atoms with E-state index in [1.165, 1.54) is 7.11 Å². The smallest absolute Gasteiger partial charge is 0.326 e. The van der Waals surface area contributed by atoms with Crippen molar-refractivity contribution < 1.29 is 19.0 Å². The minimum atomic E-state index is -0.553. The van der Waals surface area contributed by atoms with Crippen LogP contribution >= 0.6 is 0 Å². The second-order valence-corrected chi connectivity index (χ2v) is 4.73. The third-order valence-corrected chi connectivity index (χ3v) is 3.40. The molecule has 1 aliphatic carbocycles. The number of ether oxygens (including phenoxy) is 3. The molecule has 0 aromatic heterocycles. The Morgan fingerprint density at radius 2 is 2.17 bits per heavy atom. The van der Waals surface area contributed by atoms with Crippen LogP contribution in [0.2, 0.25) is 0 Å². The van der Waals surface area contributed by atoms with E-state index in [1.807, 2.05) is 0 Å². The molecule has 18 heavy (non-hydrogen) atoms. The highest BCUT2D eigenvalue weighted by atomic mass is 16.5. The zero-order valence-corrected chi connectivity index (χ0v) is 11.7. The van der Waals surface area contributed by atoms with E-state index in [1.54, 1.807) is 7.11 Å². The highest BCUT2D eigenvalue weighted by Gasteiger charge is 2.46. The Bertz CT molecular complexity index is 259. The van der Waals surface area contributed by atoms with Gasteiger partial charge in [0, 0.05) is 13.5 Å². The van der Waals surface area contributed by atoms with Crippen molar-refractivity contribution in [1.82, 2.24) is 5.32 Å². The van der Waals surface area contributed by atoms with E-state index in [0.29, 0.717) is 19.6 Å². The molecule has 106 valence electrons. The van der Waals surface area contributed by atoms with Crippen molar-refractivity contribution in [3.8, 4) is 0 Å². The molecule has 5 heteroatoms. The molecule has 5 nitrogen and oxygen atoms in total. The largest absolute Gasteiger partial charge is 0.468 e. The molecule has 0 saturated heterocycles. The van der Waals surface area contributed by atoms with Gasteiger partial charge in [-0.25, -0.2) is 0 Å². The second-order valence-electron chi connectivity index (χ2n) is 4.73. The summed E-state index contributed by atoms with van der Waals surface area (Å²) in [5.74, 6) is -0.172. The molecule has 0 aromatic carbocycles. The summed E-state index contributed by atoms with van der Waals surface area (Å²) in [7, 11) is 3.09. The molecule has 0 aliphatic heterocycles. The van der Waals surface area contributed by atoms with Crippen molar-refractivity contribution in [1.29, 1.82) is 0 Å². The first kappa shape index (κ1) is 15.4. The molecule has 1 aliphatic rings. The Labute approximate surface area is 109 Å². The van der Waals surface area contributed by atoms with Crippen molar-refractivity contribution >= 4 is 5.97 Å². The van der Waals surface area contributed by atoms with Crippen molar-refractivity contribution in [2.75, 3.05) is 34.0 Å². The van der Waals surface area contributed by atoms with Crippen LogP contribution < -0.4 is 5.32 Å². The van der Waals surface area contributed by atoms with Crippen LogP contribution in [0.4, 0.5) is 0 Å². The van der Waals surface area contributed by atoms with Crippen molar-refractivity contribution in [3.63, 3.8) is 0 Å². The number of hydrogen-bond donors (Lipinski definition) is 1. The van der Waals surface area contributed by atoms with Crippen LogP contribution in [-0.2, 0) is 19.0 Å². The number of hydrogen-bond acceptors (Lipinski definition) is 5. The monoisotopic (exact) mass is 259 g/mol. The number of nitrogens with one attached hydrogen (secondary N) is 1. The van der Waals surface area contributed by atoms with E-state index in [2.05, 4.69) is 12.2 Å². The molecule has 0 radical (unpaired) electrons. The summed E-state index contributed by atoms with van der Waals surface area (Å²) in [6.07, 6.45) is 3.45. The van der Waals surface area contributed by atoms with Crippen LogP contribution in [0, 0.1) is 0 Å². The maximum Gasteiger partial charge on any atom is 0.326 e. The van der Waals surface area contributed by atoms with Crippen LogP contribution in [0.1, 0.15) is 32.6 Å². The lowest BCUT2D eigenvalue weighted by Gasteiger charge is -2.27. The lowest BCUT2D eigenvalue weighted by Crippen LogP contribution is -2.51. The molecular weight excluding hydrogens is 234 g/mol. The van der Waals surface area contributed by atoms with Gasteiger partial charge in [0.05, 0.1) is 26.4 Å². The Morgan fingerprint density at radius 3 is 2.78 bits per heavy atom. The summed E-state index contributed by atoms with van der Waals surface area (Å²) < 4.78 is 15.6. The maximum atomic E-state index is 12.0. The van der Waals surface area contributed by atoms with Crippen LogP contribution in [0.3, 0.4) is 0 Å². The number of rotatable bonds is 8. The quantitative estimate of drug-likeness (QED) is 0.523. The Morgan fingerprint density at radius 1 is 1.39 bits per heavy atom. The lowest BCUT2D eigenvalue weighted by molar-refractivity contribution is -0.149. The molecule has 0 amide bonds. The first-order chi connectivity index (χ1) is 8.68. The summed E-state index contributed by atoms with van der Waals surface area (Å²) in [5, 5.41) is 3.33. The van der Waals surface area contributed by atoms with Crippen LogP contribution in [0.5, 0.6) is 0 Å². The zero-order chi connectivity index (χ0) is 13.4. The predicted octanol–water partition coefficient (Wildman–Crippen LogP) is 1.11. The Balaban J connectivity index is 2.51. The molecule has 1 rings (SSSR count). The Kier molecular flexibility index (Phi) is 6.60. The van der Waals surface area contributed by atoms with E-state index in [0.717, 1.165) is 25.8 Å². The molecule has 0 bridgehead atoms. The van der Waals surface area contributed by atoms with Gasteiger partial charge in [0.15, 0.2) is 0 Å². The third kappa shape index (κ3) is 3.93. The van der Waals surface area contributed by atoms with Gasteiger partial charge in [-0.15, -0.1) is 0 Å². The first-order valence-electron chi connectivity index (χ1n) is 6.62. The van der Waals surface area contributed by atoms with E-state index >= 15 is 0 Å². The number of carbonyl (C=O) groups is 1. The van der Waals surface area contributed by atoms with Crippen LogP contribution in [-0.4, -0.2) is 51.6 Å². The van der Waals surface area contributed by atoms with E-state index in [-0.39, 0.29) is 12.1 Å². The highest BCUT2D eigenvalue weighted by molar-refractivity contribution is 5.81. The standard InChI is InChI=1S/C13H25NO4/c1-4-7-14-13(12(15)17-3)6-5-11(10-13)18-9-8-16-2/h11,14H,4-10H2,1-3H3. The molecule has 1 fully saturated rings. The summed E-state index contributed by atoms with van der Waals surface area (Å²) in [6, 6.07) is 0. The minimum absolute atomic E-state index is 0.114. The van der Waals surface area contributed by atoms with Crippen molar-refractivity contribution in [2.45, 2.75) is 44.2 Å². The van der Waals surface area contributed by atoms with E-state index in [9.17, 15) is 4.79 Å². The molecular formula is C13H25NO4. The fraction of sp³-hybridized carbons (Fsp3) is 0.923. The van der Waals surface area contributed by atoms with Crippen LogP contribution in [0.15, 0.2) is 0 Å². The van der Waals surface area contributed by atoms with Gasteiger partial charge >= 0.3 is 5.97 Å². The van der Waals surface area contributed by atoms with Gasteiger partial charge in [-0.1, -0.05) is 6.92 Å². The number of carbonyl (C=O) groups excluding carboxylic acids is 1. The van der Waals surface area contributed by atoms with Crippen molar-refractivity contribution in [3.05, 3.63) is 0 Å². The van der Waals surface area contributed by atoms with Gasteiger partial charge in [-0.05, 0) is 25.8 Å². The predicted molar refractivity (Wildman–Crippen MR) is 68.5 cm³/mol. The first-order valence-corrected chi connectivity index (χ1v) is 6.62. The van der Waals surface area contributed by atoms with Crippen LogP contribution in [0.25, 0.3) is 0 Å². The van der Waals surface area contributed by atoms with Gasteiger partial charge in [0.2, 0.25) is 0 Å². The Hall–Kier alpha value is -0.650. The minimum Gasteiger partial charge on any atom is -0.468 e. The normalized spacial score (nSPS) is 27.4. The molecule has 2 unspecified atom stereocenters. The number of esters is 1. The fourth-order valence-electron chi connectivity index (χ4n) is 2.42. The van der Waals surface area contributed by atoms with E-state index in [4.69, 9.17) is 14.2 Å². The molecule has 0 heterocycles. The third-order valence-electron chi connectivity index (χ3n) is 3.40. The summed E-state index contributed by atoms with van der Waals surface area (Å²) >= 11 is 0. The van der Waals surface area contributed by atoms with Gasteiger partial charge in [-0.3, -0.25) is 4.79 Å². The van der Waals surface area contributed by atoms with E-state index < -0.39 is 5.54 Å². The topological polar surface area (TPSA) is 56.8 Å². The average molecular weight is 259 g/mol. The zero-order valence-electron chi connectivity index (χ0n) is 11.7. The second kappa shape index (κ2) is 7.71. The summed E-state index contributed by atoms with van der Waals surface area (Å²) in [4.78, 5) is 12.0. The lowest BCUT2D eigenvalue weighted by atomic mass is 9.97. The summed E-state index contributed by atoms with van der Waals surface area (Å²) in [6.45, 7) is 4.07. The molecule has 2 atom stereocenters. The van der Waals surface area contributed by atoms with Gasteiger partial charge < -0.3 is 19.5 Å². The fourth-order valence-corrected chi connectivity index (χ4v) is 2.42. The average Bonchev–Trinajstić information content (AvgIpc) is 2.81. The van der Waals surface area contributed by atoms with Crippen molar-refractivity contribution in [2.24, 2.45) is 0 Å². The maximum absolute atomic E-state index is 12.0. The molecule has 1 saturated carbocycles. The summed E-state index contributed by atoms with van der Waals surface area (Å²) in [5.41, 5.74) is -0.553. The highest BCUT2D eigenvalue weighted by Crippen LogP contribution is 2.33. The van der Waals surface area contributed by atoms with Gasteiger partial charge in [0.1, 0.15) is 5.54 Å². The molecule has 0 spiro atoms.